The lowest BCUT2D eigenvalue weighted by molar-refractivity contribution is -0.116. The summed E-state index contributed by atoms with van der Waals surface area (Å²) < 4.78 is 29.6. The Kier molecular flexibility index (Phi) is 6.42. The van der Waals surface area contributed by atoms with Crippen LogP contribution in [0.15, 0.2) is 48.8 Å². The Balaban J connectivity index is 2.09. The van der Waals surface area contributed by atoms with Gasteiger partial charge in [0.2, 0.25) is 15.9 Å². The number of anilines is 1. The minimum absolute atomic E-state index is 0.0526. The molecule has 2 aromatic rings. The molecule has 1 heterocycles. The molecule has 0 aliphatic rings. The second-order valence-corrected chi connectivity index (χ2v) is 7.49. The number of rotatable bonds is 7. The van der Waals surface area contributed by atoms with Crippen LogP contribution in [0.4, 0.5) is 5.69 Å². The molecule has 2 rings (SSSR count). The molecule has 26 heavy (non-hydrogen) atoms. The van der Waals surface area contributed by atoms with Crippen molar-refractivity contribution in [2.24, 2.45) is 0 Å². The van der Waals surface area contributed by atoms with Crippen LogP contribution >= 0.6 is 0 Å². The van der Waals surface area contributed by atoms with Gasteiger partial charge in [0.05, 0.1) is 25.5 Å². The first-order chi connectivity index (χ1) is 12.3. The van der Waals surface area contributed by atoms with E-state index in [1.165, 1.54) is 13.2 Å². The lowest BCUT2D eigenvalue weighted by atomic mass is 10.2. The van der Waals surface area contributed by atoms with Crippen molar-refractivity contribution in [1.82, 2.24) is 9.29 Å². The van der Waals surface area contributed by atoms with Crippen LogP contribution < -0.4 is 5.32 Å². The van der Waals surface area contributed by atoms with Crippen molar-refractivity contribution in [3.8, 4) is 0 Å². The average Bonchev–Trinajstić information content (AvgIpc) is 2.60. The minimum atomic E-state index is -3.60. The zero-order valence-corrected chi connectivity index (χ0v) is 15.2. The molecular weight excluding hydrogens is 358 g/mol. The molecule has 0 fully saturated rings. The summed E-state index contributed by atoms with van der Waals surface area (Å²) in [6.45, 7) is -0.305. The fraction of sp³-hybridized carbons (Fsp3) is 0.235. The van der Waals surface area contributed by atoms with Crippen LogP contribution in [0.5, 0.6) is 0 Å². The average molecular weight is 377 g/mol. The van der Waals surface area contributed by atoms with Crippen LogP contribution in [0.1, 0.15) is 15.9 Å². The van der Waals surface area contributed by atoms with E-state index >= 15 is 0 Å². The van der Waals surface area contributed by atoms with E-state index in [1.54, 1.807) is 42.7 Å². The van der Waals surface area contributed by atoms with Gasteiger partial charge in [-0.15, -0.1) is 0 Å². The number of amides is 1. The van der Waals surface area contributed by atoms with Crippen molar-refractivity contribution in [2.75, 3.05) is 25.2 Å². The van der Waals surface area contributed by atoms with Gasteiger partial charge in [-0.1, -0.05) is 6.07 Å². The second-order valence-electron chi connectivity index (χ2n) is 5.51. The third-order valence-electron chi connectivity index (χ3n) is 3.46. The molecule has 0 saturated heterocycles. The first-order valence-corrected chi connectivity index (χ1v) is 9.46. The Morgan fingerprint density at radius 3 is 2.50 bits per heavy atom. The number of hydrogen-bond donors (Lipinski definition) is 1. The van der Waals surface area contributed by atoms with Crippen molar-refractivity contribution in [3.05, 3.63) is 59.9 Å². The maximum atomic E-state index is 12.3. The predicted octanol–water partition coefficient (Wildman–Crippen LogP) is 1.27. The number of benzene rings is 1. The summed E-state index contributed by atoms with van der Waals surface area (Å²) in [5.74, 6) is -1.05. The van der Waals surface area contributed by atoms with E-state index in [-0.39, 0.29) is 18.7 Å². The highest BCUT2D eigenvalue weighted by Gasteiger charge is 2.20. The smallest absolute Gasteiger partial charge is 0.337 e. The lowest BCUT2D eigenvalue weighted by Crippen LogP contribution is -2.36. The number of pyridine rings is 1. The highest BCUT2D eigenvalue weighted by Crippen LogP contribution is 2.13. The summed E-state index contributed by atoms with van der Waals surface area (Å²) >= 11 is 0. The number of aromatic nitrogens is 1. The summed E-state index contributed by atoms with van der Waals surface area (Å²) in [4.78, 5) is 27.7. The third-order valence-corrected chi connectivity index (χ3v) is 4.66. The number of esters is 1. The maximum Gasteiger partial charge on any atom is 0.337 e. The monoisotopic (exact) mass is 377 g/mol. The van der Waals surface area contributed by atoms with Gasteiger partial charge in [-0.25, -0.2) is 13.2 Å². The molecule has 1 N–H and O–H groups in total. The molecule has 0 atom stereocenters. The number of carbonyl (C=O) groups is 2. The third kappa shape index (κ3) is 5.64. The molecule has 138 valence electrons. The van der Waals surface area contributed by atoms with Gasteiger partial charge in [0.15, 0.2) is 0 Å². The molecule has 0 unspecified atom stereocenters. The van der Waals surface area contributed by atoms with Gasteiger partial charge in [-0.05, 0) is 35.9 Å². The second kappa shape index (κ2) is 8.54. The molecule has 0 radical (unpaired) electrons. The van der Waals surface area contributed by atoms with Crippen molar-refractivity contribution < 1.29 is 22.7 Å². The maximum absolute atomic E-state index is 12.3. The Morgan fingerprint density at radius 1 is 1.19 bits per heavy atom. The van der Waals surface area contributed by atoms with Crippen LogP contribution in [-0.4, -0.2) is 49.5 Å². The quantitative estimate of drug-likeness (QED) is 0.729. The normalized spacial score (nSPS) is 11.2. The zero-order chi connectivity index (χ0) is 19.2. The fourth-order valence-electron chi connectivity index (χ4n) is 2.18. The molecule has 0 spiro atoms. The topological polar surface area (TPSA) is 106 Å². The van der Waals surface area contributed by atoms with Gasteiger partial charge in [-0.3, -0.25) is 9.78 Å². The Morgan fingerprint density at radius 2 is 1.88 bits per heavy atom. The lowest BCUT2D eigenvalue weighted by Gasteiger charge is -2.19. The van der Waals surface area contributed by atoms with Gasteiger partial charge >= 0.3 is 5.97 Å². The van der Waals surface area contributed by atoms with Crippen LogP contribution in [0, 0.1) is 0 Å². The Bertz CT molecular complexity index is 884. The Labute approximate surface area is 151 Å². The highest BCUT2D eigenvalue weighted by atomic mass is 32.2. The van der Waals surface area contributed by atoms with Crippen LogP contribution in [-0.2, 0) is 26.1 Å². The molecule has 0 aliphatic carbocycles. The van der Waals surface area contributed by atoms with E-state index in [2.05, 4.69) is 15.0 Å². The molecule has 0 bridgehead atoms. The summed E-state index contributed by atoms with van der Waals surface area (Å²) in [5, 5.41) is 2.58. The van der Waals surface area contributed by atoms with Crippen LogP contribution in [0.3, 0.4) is 0 Å². The summed E-state index contributed by atoms with van der Waals surface area (Å²) in [6.07, 6.45) is 4.14. The standard InChI is InChI=1S/C17H19N3O5S/c1-25-17(22)14-4-3-5-15(10-14)19-16(21)12-20(26(2,23)24)11-13-6-8-18-9-7-13/h3-10H,11-12H2,1-2H3,(H,19,21). The van der Waals surface area contributed by atoms with E-state index in [1.807, 2.05) is 0 Å². The summed E-state index contributed by atoms with van der Waals surface area (Å²) in [5.41, 5.74) is 1.36. The summed E-state index contributed by atoms with van der Waals surface area (Å²) in [7, 11) is -2.34. The van der Waals surface area contributed by atoms with E-state index in [0.717, 1.165) is 10.6 Å². The molecule has 1 aromatic carbocycles. The molecular formula is C17H19N3O5S. The van der Waals surface area contributed by atoms with Gasteiger partial charge in [-0.2, -0.15) is 4.31 Å². The van der Waals surface area contributed by atoms with E-state index in [0.29, 0.717) is 11.3 Å². The number of hydrogen-bond acceptors (Lipinski definition) is 6. The van der Waals surface area contributed by atoms with Crippen molar-refractivity contribution in [3.63, 3.8) is 0 Å². The molecule has 0 aliphatic heterocycles. The highest BCUT2D eigenvalue weighted by molar-refractivity contribution is 7.88. The number of nitrogens with one attached hydrogen (secondary N) is 1. The molecule has 1 amide bonds. The number of nitrogens with zero attached hydrogens (tertiary/aromatic N) is 2. The van der Waals surface area contributed by atoms with E-state index in [4.69, 9.17) is 0 Å². The van der Waals surface area contributed by atoms with Gasteiger partial charge in [0.1, 0.15) is 0 Å². The van der Waals surface area contributed by atoms with Crippen molar-refractivity contribution >= 4 is 27.6 Å². The SMILES string of the molecule is COC(=O)c1cccc(NC(=O)CN(Cc2ccncc2)S(C)(=O)=O)c1. The first kappa shape index (κ1) is 19.5. The van der Waals surface area contributed by atoms with Gasteiger partial charge < -0.3 is 10.1 Å². The first-order valence-electron chi connectivity index (χ1n) is 7.62. The van der Waals surface area contributed by atoms with Crippen LogP contribution in [0.25, 0.3) is 0 Å². The summed E-state index contributed by atoms with van der Waals surface area (Å²) in [6, 6.07) is 9.54. The predicted molar refractivity (Wildman–Crippen MR) is 95.9 cm³/mol. The minimum Gasteiger partial charge on any atom is -0.465 e. The Hall–Kier alpha value is -2.78. The van der Waals surface area contributed by atoms with E-state index < -0.39 is 21.9 Å². The van der Waals surface area contributed by atoms with Gasteiger partial charge in [0.25, 0.3) is 0 Å². The van der Waals surface area contributed by atoms with Crippen molar-refractivity contribution in [2.45, 2.75) is 6.54 Å². The molecule has 9 heteroatoms. The van der Waals surface area contributed by atoms with Gasteiger partial charge in [0, 0.05) is 24.6 Å². The molecule has 0 saturated carbocycles. The number of sulfonamides is 1. The number of methoxy groups -OCH3 is 1. The van der Waals surface area contributed by atoms with E-state index in [9.17, 15) is 18.0 Å². The molecule has 8 nitrogen and oxygen atoms in total. The zero-order valence-electron chi connectivity index (χ0n) is 14.4. The van der Waals surface area contributed by atoms with Crippen molar-refractivity contribution in [1.29, 1.82) is 0 Å². The number of carbonyl (C=O) groups excluding carboxylic acids is 2. The molecule has 1 aromatic heterocycles. The fourth-order valence-corrected chi connectivity index (χ4v) is 2.92. The largest absolute Gasteiger partial charge is 0.465 e. The van der Waals surface area contributed by atoms with Crippen LogP contribution in [0.2, 0.25) is 0 Å². The number of ether oxygens (including phenoxy) is 1.